The van der Waals surface area contributed by atoms with E-state index in [-0.39, 0.29) is 12.2 Å². The van der Waals surface area contributed by atoms with Crippen LogP contribution in [0.25, 0.3) is 0 Å². The summed E-state index contributed by atoms with van der Waals surface area (Å²) in [5.74, 6) is 0.356. The number of hydrogen-bond acceptors (Lipinski definition) is 3. The largest absolute Gasteiger partial charge is 0.391 e. The highest BCUT2D eigenvalue weighted by Gasteiger charge is 2.37. The van der Waals surface area contributed by atoms with Crippen molar-refractivity contribution >= 4 is 0 Å². The topological polar surface area (TPSA) is 49.7 Å². The SMILES string of the molecule is CC(O)COC1CC(C)C1O. The lowest BCUT2D eigenvalue weighted by Crippen LogP contribution is -2.47. The van der Waals surface area contributed by atoms with Crippen molar-refractivity contribution < 1.29 is 14.9 Å². The third-order valence-electron chi connectivity index (χ3n) is 2.12. The van der Waals surface area contributed by atoms with Crippen molar-refractivity contribution in [1.82, 2.24) is 0 Å². The third kappa shape index (κ3) is 2.15. The molecule has 0 saturated heterocycles. The minimum Gasteiger partial charge on any atom is -0.391 e. The lowest BCUT2D eigenvalue weighted by molar-refractivity contribution is -0.142. The fraction of sp³-hybridized carbons (Fsp3) is 1.00. The zero-order valence-corrected chi connectivity index (χ0v) is 7.03. The summed E-state index contributed by atoms with van der Waals surface area (Å²) in [6.45, 7) is 4.00. The standard InChI is InChI=1S/C8H16O3/c1-5-3-7(8(5)10)11-4-6(2)9/h5-10H,3-4H2,1-2H3. The van der Waals surface area contributed by atoms with Crippen LogP contribution in [-0.4, -0.2) is 35.1 Å². The number of ether oxygens (including phenoxy) is 1. The second-order valence-corrected chi connectivity index (χ2v) is 3.42. The molecule has 0 aromatic rings. The van der Waals surface area contributed by atoms with Crippen LogP contribution in [0, 0.1) is 5.92 Å². The number of aliphatic hydroxyl groups is 2. The molecule has 1 fully saturated rings. The summed E-state index contributed by atoms with van der Waals surface area (Å²) < 4.78 is 5.22. The fourth-order valence-electron chi connectivity index (χ4n) is 1.25. The lowest BCUT2D eigenvalue weighted by atomic mass is 9.80. The molecule has 0 spiro atoms. The van der Waals surface area contributed by atoms with Crippen molar-refractivity contribution in [2.75, 3.05) is 6.61 Å². The lowest BCUT2D eigenvalue weighted by Gasteiger charge is -2.38. The highest BCUT2D eigenvalue weighted by atomic mass is 16.5. The molecule has 1 aliphatic rings. The first kappa shape index (κ1) is 8.97. The van der Waals surface area contributed by atoms with Gasteiger partial charge in [0.25, 0.3) is 0 Å². The molecule has 2 N–H and O–H groups in total. The van der Waals surface area contributed by atoms with Gasteiger partial charge in [-0.05, 0) is 19.3 Å². The molecule has 0 heterocycles. The van der Waals surface area contributed by atoms with Gasteiger partial charge >= 0.3 is 0 Å². The van der Waals surface area contributed by atoms with Crippen LogP contribution in [-0.2, 0) is 4.74 Å². The van der Waals surface area contributed by atoms with E-state index in [1.807, 2.05) is 6.92 Å². The summed E-state index contributed by atoms with van der Waals surface area (Å²) in [4.78, 5) is 0. The van der Waals surface area contributed by atoms with E-state index in [0.717, 1.165) is 6.42 Å². The molecular weight excluding hydrogens is 144 g/mol. The third-order valence-corrected chi connectivity index (χ3v) is 2.12. The molecule has 4 unspecified atom stereocenters. The molecule has 1 rings (SSSR count). The van der Waals surface area contributed by atoms with Crippen LogP contribution < -0.4 is 0 Å². The fourth-order valence-corrected chi connectivity index (χ4v) is 1.25. The Morgan fingerprint density at radius 3 is 2.64 bits per heavy atom. The zero-order chi connectivity index (χ0) is 8.43. The Labute approximate surface area is 67.0 Å². The monoisotopic (exact) mass is 160 g/mol. The molecule has 0 bridgehead atoms. The van der Waals surface area contributed by atoms with Crippen molar-refractivity contribution in [2.24, 2.45) is 5.92 Å². The van der Waals surface area contributed by atoms with Gasteiger partial charge in [0.2, 0.25) is 0 Å². The minimum absolute atomic E-state index is 0.0420. The van der Waals surface area contributed by atoms with Gasteiger partial charge in [0.1, 0.15) is 0 Å². The van der Waals surface area contributed by atoms with Gasteiger partial charge in [0.15, 0.2) is 0 Å². The smallest absolute Gasteiger partial charge is 0.0841 e. The number of rotatable bonds is 3. The maximum absolute atomic E-state index is 9.28. The highest BCUT2D eigenvalue weighted by molar-refractivity contribution is 4.87. The molecule has 66 valence electrons. The predicted molar refractivity (Wildman–Crippen MR) is 41.2 cm³/mol. The van der Waals surface area contributed by atoms with E-state index in [4.69, 9.17) is 9.84 Å². The average Bonchev–Trinajstić information content (AvgIpc) is 1.96. The summed E-state index contributed by atoms with van der Waals surface area (Å²) in [5.41, 5.74) is 0. The molecule has 0 aromatic carbocycles. The number of hydrogen-bond donors (Lipinski definition) is 2. The molecule has 3 nitrogen and oxygen atoms in total. The molecule has 1 aliphatic carbocycles. The van der Waals surface area contributed by atoms with E-state index >= 15 is 0 Å². The summed E-state index contributed by atoms with van der Waals surface area (Å²) in [6, 6.07) is 0. The van der Waals surface area contributed by atoms with Crippen molar-refractivity contribution in [3.63, 3.8) is 0 Å². The minimum atomic E-state index is -0.432. The highest BCUT2D eigenvalue weighted by Crippen LogP contribution is 2.29. The molecule has 0 radical (unpaired) electrons. The van der Waals surface area contributed by atoms with Gasteiger partial charge < -0.3 is 14.9 Å². The second-order valence-electron chi connectivity index (χ2n) is 3.42. The average molecular weight is 160 g/mol. The van der Waals surface area contributed by atoms with Gasteiger partial charge in [-0.25, -0.2) is 0 Å². The quantitative estimate of drug-likeness (QED) is 0.618. The van der Waals surface area contributed by atoms with Crippen LogP contribution in [0.2, 0.25) is 0 Å². The normalized spacial score (nSPS) is 39.8. The molecule has 0 amide bonds. The summed E-state index contributed by atoms with van der Waals surface area (Å²) >= 11 is 0. The van der Waals surface area contributed by atoms with Crippen LogP contribution in [0.5, 0.6) is 0 Å². The van der Waals surface area contributed by atoms with Gasteiger partial charge in [-0.15, -0.1) is 0 Å². The molecule has 3 heteroatoms. The predicted octanol–water partition coefficient (Wildman–Crippen LogP) is 0.153. The van der Waals surface area contributed by atoms with E-state index in [1.54, 1.807) is 6.92 Å². The molecule has 11 heavy (non-hydrogen) atoms. The number of aliphatic hydroxyl groups excluding tert-OH is 2. The van der Waals surface area contributed by atoms with Crippen LogP contribution in [0.3, 0.4) is 0 Å². The maximum Gasteiger partial charge on any atom is 0.0841 e. The summed E-state index contributed by atoms with van der Waals surface area (Å²) in [7, 11) is 0. The van der Waals surface area contributed by atoms with Crippen LogP contribution >= 0.6 is 0 Å². The van der Waals surface area contributed by atoms with Crippen LogP contribution in [0.1, 0.15) is 20.3 Å². The first-order valence-electron chi connectivity index (χ1n) is 4.09. The van der Waals surface area contributed by atoms with Gasteiger partial charge in [-0.3, -0.25) is 0 Å². The second kappa shape index (κ2) is 3.52. The van der Waals surface area contributed by atoms with Crippen molar-refractivity contribution in [2.45, 2.75) is 38.6 Å². The van der Waals surface area contributed by atoms with Gasteiger partial charge in [-0.2, -0.15) is 0 Å². The Morgan fingerprint density at radius 2 is 2.27 bits per heavy atom. The Bertz CT molecular complexity index is 125. The van der Waals surface area contributed by atoms with E-state index in [9.17, 15) is 5.11 Å². The van der Waals surface area contributed by atoms with E-state index < -0.39 is 6.10 Å². The molecule has 4 atom stereocenters. The molecular formula is C8H16O3. The van der Waals surface area contributed by atoms with E-state index in [0.29, 0.717) is 12.5 Å². The Morgan fingerprint density at radius 1 is 1.64 bits per heavy atom. The summed E-state index contributed by atoms with van der Waals surface area (Å²) in [5, 5.41) is 18.1. The van der Waals surface area contributed by atoms with Crippen LogP contribution in [0.4, 0.5) is 0 Å². The first-order chi connectivity index (χ1) is 5.11. The Hall–Kier alpha value is -0.120. The van der Waals surface area contributed by atoms with Crippen molar-refractivity contribution in [3.05, 3.63) is 0 Å². The molecule has 0 aliphatic heterocycles. The first-order valence-corrected chi connectivity index (χ1v) is 4.09. The zero-order valence-electron chi connectivity index (χ0n) is 7.03. The van der Waals surface area contributed by atoms with Gasteiger partial charge in [0.05, 0.1) is 24.9 Å². The van der Waals surface area contributed by atoms with Gasteiger partial charge in [0, 0.05) is 0 Å². The van der Waals surface area contributed by atoms with Crippen LogP contribution in [0.15, 0.2) is 0 Å². The molecule has 1 saturated carbocycles. The van der Waals surface area contributed by atoms with E-state index in [2.05, 4.69) is 0 Å². The van der Waals surface area contributed by atoms with Crippen molar-refractivity contribution in [1.29, 1.82) is 0 Å². The Balaban J connectivity index is 2.10. The summed E-state index contributed by atoms with van der Waals surface area (Å²) in [6.07, 6.45) is 0.111. The Kier molecular flexibility index (Phi) is 2.87. The maximum atomic E-state index is 9.28. The molecule has 0 aromatic heterocycles. The van der Waals surface area contributed by atoms with E-state index in [1.165, 1.54) is 0 Å². The van der Waals surface area contributed by atoms with Crippen molar-refractivity contribution in [3.8, 4) is 0 Å². The van der Waals surface area contributed by atoms with Gasteiger partial charge in [-0.1, -0.05) is 6.92 Å².